The standard InChI is InChI=1S/C9H20ClN3OP/c1-8(2)13(9(3)4,7-5-6-11)14-15(10)12/h8-9H,5,7,12H2,1-4H3/q+1. The third kappa shape index (κ3) is 4.22. The van der Waals surface area contributed by atoms with E-state index in [9.17, 15) is 0 Å². The first-order chi connectivity index (χ1) is 6.86. The van der Waals surface area contributed by atoms with Crippen molar-refractivity contribution < 1.29 is 9.27 Å². The van der Waals surface area contributed by atoms with Gasteiger partial charge in [0.1, 0.15) is 18.6 Å². The van der Waals surface area contributed by atoms with Crippen molar-refractivity contribution in [2.45, 2.75) is 46.2 Å². The molecule has 0 aromatic carbocycles. The molecular weight excluding hydrogens is 233 g/mol. The normalized spacial score (nSPS) is 14.3. The molecule has 0 saturated heterocycles. The smallest absolute Gasteiger partial charge is 0.267 e. The molecular formula is C9H20ClN3OP+. The molecule has 0 rings (SSSR count). The summed E-state index contributed by atoms with van der Waals surface area (Å²) in [4.78, 5) is 0. The zero-order valence-electron chi connectivity index (χ0n) is 9.77. The van der Waals surface area contributed by atoms with Gasteiger partial charge in [0, 0.05) is 0 Å². The Balaban J connectivity index is 4.83. The van der Waals surface area contributed by atoms with E-state index in [-0.39, 0.29) is 12.1 Å². The molecule has 0 aliphatic rings. The molecule has 15 heavy (non-hydrogen) atoms. The molecule has 0 spiro atoms. The van der Waals surface area contributed by atoms with E-state index in [4.69, 9.17) is 26.6 Å². The van der Waals surface area contributed by atoms with Crippen LogP contribution in [0.25, 0.3) is 0 Å². The topological polar surface area (TPSA) is 59.0 Å². The molecule has 0 bridgehead atoms. The highest BCUT2D eigenvalue weighted by Gasteiger charge is 2.39. The summed E-state index contributed by atoms with van der Waals surface area (Å²) in [6, 6.07) is 2.59. The maximum Gasteiger partial charge on any atom is 0.267 e. The zero-order chi connectivity index (χ0) is 12.1. The molecule has 1 unspecified atom stereocenters. The van der Waals surface area contributed by atoms with Gasteiger partial charge in [-0.25, -0.2) is 0 Å². The van der Waals surface area contributed by atoms with Crippen molar-refractivity contribution in [3.63, 3.8) is 0 Å². The second-order valence-electron chi connectivity index (χ2n) is 4.03. The number of halogens is 1. The van der Waals surface area contributed by atoms with Crippen molar-refractivity contribution >= 4 is 18.9 Å². The Hall–Kier alpha value is 0.0900. The molecule has 1 atom stereocenters. The first kappa shape index (κ1) is 15.1. The molecule has 0 aromatic heterocycles. The predicted molar refractivity (Wildman–Crippen MR) is 63.7 cm³/mol. The summed E-state index contributed by atoms with van der Waals surface area (Å²) in [5, 5.41) is 8.65. The third-order valence-electron chi connectivity index (χ3n) is 2.55. The Morgan fingerprint density at radius 1 is 1.40 bits per heavy atom. The van der Waals surface area contributed by atoms with Crippen molar-refractivity contribution in [2.75, 3.05) is 6.54 Å². The number of hydrogen-bond acceptors (Lipinski definition) is 3. The van der Waals surface area contributed by atoms with Crippen LogP contribution < -0.4 is 5.50 Å². The Bertz CT molecular complexity index is 220. The highest BCUT2D eigenvalue weighted by Crippen LogP contribution is 2.40. The molecule has 0 radical (unpaired) electrons. The number of rotatable bonds is 6. The van der Waals surface area contributed by atoms with Gasteiger partial charge in [0.05, 0.1) is 12.5 Å². The first-order valence-electron chi connectivity index (χ1n) is 5.01. The van der Waals surface area contributed by atoms with E-state index < -0.39 is 7.65 Å². The second kappa shape index (κ2) is 6.62. The van der Waals surface area contributed by atoms with E-state index in [0.29, 0.717) is 17.6 Å². The van der Waals surface area contributed by atoms with E-state index in [1.54, 1.807) is 0 Å². The molecule has 0 fully saturated rings. The maximum atomic E-state index is 8.65. The quantitative estimate of drug-likeness (QED) is 0.449. The van der Waals surface area contributed by atoms with Crippen molar-refractivity contribution in [3.05, 3.63) is 0 Å². The molecule has 0 aliphatic carbocycles. The van der Waals surface area contributed by atoms with Crippen LogP contribution in [0.15, 0.2) is 0 Å². The minimum Gasteiger partial charge on any atom is -0.270 e. The average Bonchev–Trinajstić information content (AvgIpc) is 2.10. The number of nitriles is 1. The van der Waals surface area contributed by atoms with Gasteiger partial charge in [-0.05, 0) is 38.9 Å². The van der Waals surface area contributed by atoms with E-state index >= 15 is 0 Å². The Kier molecular flexibility index (Phi) is 6.66. The maximum absolute atomic E-state index is 8.65. The van der Waals surface area contributed by atoms with E-state index in [1.165, 1.54) is 0 Å². The Morgan fingerprint density at radius 3 is 2.13 bits per heavy atom. The number of nitrogens with two attached hydrogens (primary N) is 1. The average molecular weight is 253 g/mol. The summed E-state index contributed by atoms with van der Waals surface area (Å²) >= 11 is 5.75. The fraction of sp³-hybridized carbons (Fsp3) is 0.889. The summed E-state index contributed by atoms with van der Waals surface area (Å²) < 4.78 is 6.00. The number of nitrogens with zero attached hydrogens (tertiary/aromatic N) is 2. The van der Waals surface area contributed by atoms with Gasteiger partial charge in [-0.15, -0.1) is 4.62 Å². The molecule has 0 amide bonds. The lowest BCUT2D eigenvalue weighted by Crippen LogP contribution is -2.57. The summed E-state index contributed by atoms with van der Waals surface area (Å²) in [5.74, 6) is 0. The fourth-order valence-electron chi connectivity index (χ4n) is 1.71. The van der Waals surface area contributed by atoms with E-state index in [1.807, 2.05) is 27.7 Å². The van der Waals surface area contributed by atoms with Crippen LogP contribution in [0, 0.1) is 11.3 Å². The van der Waals surface area contributed by atoms with Gasteiger partial charge in [0.2, 0.25) is 0 Å². The van der Waals surface area contributed by atoms with Gasteiger partial charge in [-0.1, -0.05) is 0 Å². The molecule has 4 nitrogen and oxygen atoms in total. The van der Waals surface area contributed by atoms with Crippen LogP contribution in [-0.2, 0) is 4.62 Å². The second-order valence-corrected chi connectivity index (χ2v) is 5.73. The lowest BCUT2D eigenvalue weighted by atomic mass is 10.2. The largest absolute Gasteiger partial charge is 0.270 e. The zero-order valence-corrected chi connectivity index (χ0v) is 11.4. The van der Waals surface area contributed by atoms with Gasteiger partial charge < -0.3 is 0 Å². The fourth-order valence-corrected chi connectivity index (χ4v) is 2.81. The molecule has 88 valence electrons. The summed E-state index contributed by atoms with van der Waals surface area (Å²) in [5.41, 5.74) is 5.54. The van der Waals surface area contributed by atoms with Crippen molar-refractivity contribution in [3.8, 4) is 6.07 Å². The van der Waals surface area contributed by atoms with Crippen LogP contribution >= 0.6 is 18.9 Å². The van der Waals surface area contributed by atoms with Gasteiger partial charge >= 0.3 is 0 Å². The third-order valence-corrected chi connectivity index (χ3v) is 3.20. The molecule has 2 N–H and O–H groups in total. The molecule has 0 saturated carbocycles. The van der Waals surface area contributed by atoms with E-state index in [0.717, 1.165) is 0 Å². The predicted octanol–water partition coefficient (Wildman–Crippen LogP) is 2.89. The van der Waals surface area contributed by atoms with Crippen LogP contribution in [-0.4, -0.2) is 23.3 Å². The van der Waals surface area contributed by atoms with Crippen LogP contribution in [0.5, 0.6) is 0 Å². The van der Waals surface area contributed by atoms with Crippen molar-refractivity contribution in [1.82, 2.24) is 0 Å². The van der Waals surface area contributed by atoms with Crippen molar-refractivity contribution in [1.29, 1.82) is 5.26 Å². The van der Waals surface area contributed by atoms with E-state index in [2.05, 4.69) is 6.07 Å². The first-order valence-corrected chi connectivity index (χ1v) is 7.25. The minimum atomic E-state index is -1.43. The van der Waals surface area contributed by atoms with Crippen LogP contribution in [0.2, 0.25) is 0 Å². The molecule has 0 aliphatic heterocycles. The molecule has 6 heteroatoms. The monoisotopic (exact) mass is 252 g/mol. The van der Waals surface area contributed by atoms with Gasteiger partial charge in [-0.3, -0.25) is 5.50 Å². The highest BCUT2D eigenvalue weighted by atomic mass is 35.7. The van der Waals surface area contributed by atoms with Gasteiger partial charge in [0.15, 0.2) is 0 Å². The number of quaternary nitrogens is 1. The number of hydroxylamine groups is 3. The Labute approximate surface area is 98.2 Å². The Morgan fingerprint density at radius 2 is 1.87 bits per heavy atom. The summed E-state index contributed by atoms with van der Waals surface area (Å²) in [6.45, 7) is 8.81. The van der Waals surface area contributed by atoms with Crippen LogP contribution in [0.1, 0.15) is 34.1 Å². The van der Waals surface area contributed by atoms with Crippen molar-refractivity contribution in [2.24, 2.45) is 5.50 Å². The molecule has 0 heterocycles. The van der Waals surface area contributed by atoms with Gasteiger partial charge in [-0.2, -0.15) is 9.91 Å². The van der Waals surface area contributed by atoms with Crippen LogP contribution in [0.4, 0.5) is 0 Å². The molecule has 0 aromatic rings. The lowest BCUT2D eigenvalue weighted by Gasteiger charge is -2.41. The SMILES string of the molecule is CC(C)[N+](CCC#N)(OP(N)Cl)C(C)C. The van der Waals surface area contributed by atoms with Gasteiger partial charge in [0.25, 0.3) is 7.65 Å². The minimum absolute atomic E-state index is 0.227. The summed E-state index contributed by atoms with van der Waals surface area (Å²) in [6.07, 6.45) is 0.441. The van der Waals surface area contributed by atoms with Crippen LogP contribution in [0.3, 0.4) is 0 Å². The lowest BCUT2D eigenvalue weighted by molar-refractivity contribution is -1.11. The number of hydrogen-bond donors (Lipinski definition) is 1. The summed E-state index contributed by atoms with van der Waals surface area (Å²) in [7, 11) is -1.43. The highest BCUT2D eigenvalue weighted by molar-refractivity contribution is 7.78.